The molecule has 28 heteroatoms. The van der Waals surface area contributed by atoms with Gasteiger partial charge in [-0.2, -0.15) is 0 Å². The van der Waals surface area contributed by atoms with E-state index in [2.05, 4.69) is 36.8 Å². The second-order valence-electron chi connectivity index (χ2n) is 19.6. The maximum atomic E-state index is 11.4. The third kappa shape index (κ3) is 16.3. The number of para-hydroxylation sites is 1. The molecule has 20 unspecified atom stereocenters. The second kappa shape index (κ2) is 29.7. The zero-order chi connectivity index (χ0) is 53.6. The van der Waals surface area contributed by atoms with Crippen molar-refractivity contribution in [2.45, 2.75) is 149 Å². The fourth-order valence-electron chi connectivity index (χ4n) is 10.2. The van der Waals surface area contributed by atoms with Gasteiger partial charge in [0.1, 0.15) is 61.0 Å². The minimum Gasteiger partial charge on any atom is -0.394 e. The van der Waals surface area contributed by atoms with Crippen molar-refractivity contribution in [3.63, 3.8) is 0 Å². The number of hydrogen-bond acceptors (Lipinski definition) is 22. The Morgan fingerprint density at radius 3 is 1.29 bits per heavy atom. The summed E-state index contributed by atoms with van der Waals surface area (Å²) in [5.41, 5.74) is 0.842. The number of nitrogens with one attached hydrogen (secondary N) is 6. The van der Waals surface area contributed by atoms with E-state index in [9.17, 15) is 51.1 Å². The molecule has 8 bridgehead atoms. The number of thiocarbonyl (C=S) groups is 3. The van der Waals surface area contributed by atoms with Gasteiger partial charge < -0.3 is 121 Å². The lowest BCUT2D eigenvalue weighted by Crippen LogP contribution is -2.64. The average molecular weight is 1120 g/mol. The highest BCUT2D eigenvalue weighted by Gasteiger charge is 2.53. The summed E-state index contributed by atoms with van der Waals surface area (Å²) in [6.07, 6.45) is -20.2. The molecule has 0 aromatic heterocycles. The Morgan fingerprint density at radius 2 is 0.867 bits per heavy atom. The lowest BCUT2D eigenvalue weighted by Gasteiger charge is -2.47. The molecule has 12 heterocycles. The zero-order valence-electron chi connectivity index (χ0n) is 41.6. The summed E-state index contributed by atoms with van der Waals surface area (Å²) in [6.45, 7) is 2.28. The molecule has 0 aliphatic carbocycles. The summed E-state index contributed by atoms with van der Waals surface area (Å²) in [5.74, 6) is -1.07. The van der Waals surface area contributed by atoms with Crippen LogP contribution in [-0.4, -0.2) is 261 Å². The Hall–Kier alpha value is -2.47. The first-order valence-corrected chi connectivity index (χ1v) is 27.1. The molecular weight excluding hydrogens is 1050 g/mol. The smallest absolute Gasteiger partial charge is 0.186 e. The van der Waals surface area contributed by atoms with Crippen molar-refractivity contribution in [2.75, 3.05) is 84.1 Å². The van der Waals surface area contributed by atoms with Crippen LogP contribution in [0.25, 0.3) is 0 Å². The van der Waals surface area contributed by atoms with Gasteiger partial charge in [0.2, 0.25) is 0 Å². The van der Waals surface area contributed by atoms with Gasteiger partial charge in [-0.3, -0.25) is 4.90 Å². The van der Waals surface area contributed by atoms with E-state index in [1.165, 1.54) is 0 Å². The second-order valence-corrected chi connectivity index (χ2v) is 20.8. The number of hydrogen-bond donors (Lipinski definition) is 16. The van der Waals surface area contributed by atoms with E-state index in [-0.39, 0.29) is 26.3 Å². The van der Waals surface area contributed by atoms with Crippen LogP contribution in [0, 0.1) is 11.8 Å². The quantitative estimate of drug-likeness (QED) is 0.0693. The normalized spacial score (nSPS) is 38.5. The predicted octanol–water partition coefficient (Wildman–Crippen LogP) is -4.62. The van der Waals surface area contributed by atoms with E-state index < -0.39 is 136 Å². The van der Waals surface area contributed by atoms with Gasteiger partial charge in [-0.1, -0.05) is 31.0 Å². The van der Waals surface area contributed by atoms with Crippen molar-refractivity contribution in [1.29, 1.82) is 0 Å². The van der Waals surface area contributed by atoms with E-state index in [1.54, 1.807) is 0 Å². The molecule has 12 fully saturated rings. The molecule has 0 saturated carbocycles. The summed E-state index contributed by atoms with van der Waals surface area (Å²) in [4.78, 5) is 2.16. The summed E-state index contributed by atoms with van der Waals surface area (Å²) in [7, 11) is 0. The van der Waals surface area contributed by atoms with Crippen LogP contribution in [0.2, 0.25) is 0 Å². The standard InChI is InChI=1S/C47H77N7O18S3/c55-22-29-39-33(59)37(63)41(69-29)65-18-6-4-10-25-27(67-43(71-39)35(61)31(25)57)20-51-45(73)48-12-15-54(17-14-50-47(75)53-24-8-2-1-3-9-24)16-13-49-46(74)52-21-28-26-11-5-7-19-66-42-38(64)34(60)40(30(23-56)70-42)72-44(68-28)36(62)32(26)58/h1-3,8-9,25-44,55-64H,4-7,10-23H2,(H2,48,51,73)(H2,49,52,74)(H2,50,53,75). The van der Waals surface area contributed by atoms with Crippen LogP contribution in [0.3, 0.4) is 0 Å². The van der Waals surface area contributed by atoms with Gasteiger partial charge >= 0.3 is 0 Å². The van der Waals surface area contributed by atoms with Gasteiger partial charge in [0.25, 0.3) is 0 Å². The zero-order valence-corrected chi connectivity index (χ0v) is 44.0. The van der Waals surface area contributed by atoms with Crippen molar-refractivity contribution in [2.24, 2.45) is 11.8 Å². The van der Waals surface area contributed by atoms with Crippen LogP contribution in [0.1, 0.15) is 38.5 Å². The third-order valence-corrected chi connectivity index (χ3v) is 15.3. The lowest BCUT2D eigenvalue weighted by molar-refractivity contribution is -0.355. The number of ether oxygens (including phenoxy) is 8. The molecule has 1 aromatic rings. The van der Waals surface area contributed by atoms with Gasteiger partial charge in [-0.25, -0.2) is 0 Å². The summed E-state index contributed by atoms with van der Waals surface area (Å²) >= 11 is 16.9. The molecule has 20 atom stereocenters. The first kappa shape index (κ1) is 60.2. The van der Waals surface area contributed by atoms with E-state index in [0.717, 1.165) is 5.69 Å². The highest BCUT2D eigenvalue weighted by atomic mass is 32.1. The monoisotopic (exact) mass is 1120 g/mol. The van der Waals surface area contributed by atoms with Gasteiger partial charge in [0, 0.05) is 83.1 Å². The molecule has 0 spiro atoms. The number of nitrogens with zero attached hydrogens (tertiary/aromatic N) is 1. The van der Waals surface area contributed by atoms with Crippen LogP contribution in [0.5, 0.6) is 0 Å². The SMILES string of the molecule is OCC1OC2OCCCCC3C(CNC(=S)NCCN(CCNC(=S)NCC4OC5OC6C(CO)OC(OCCCCC4C(O)C5O)C(O)C6O)CCNC(=S)Nc4ccccc4)OC(OC1C(O)C2O)C(O)C3O. The minimum atomic E-state index is -1.56. The molecule has 1 aromatic carbocycles. The topological polar surface area (TPSA) is 352 Å². The van der Waals surface area contributed by atoms with Gasteiger partial charge in [0.15, 0.2) is 40.5 Å². The molecule has 12 aliphatic rings. The van der Waals surface area contributed by atoms with Crippen LogP contribution >= 0.6 is 36.7 Å². The Morgan fingerprint density at radius 1 is 0.467 bits per heavy atom. The maximum Gasteiger partial charge on any atom is 0.186 e. The van der Waals surface area contributed by atoms with Crippen molar-refractivity contribution in [1.82, 2.24) is 31.5 Å². The molecule has 12 saturated heterocycles. The molecule has 16 N–H and O–H groups in total. The van der Waals surface area contributed by atoms with E-state index in [0.29, 0.717) is 93.1 Å². The Labute approximate surface area is 451 Å². The highest BCUT2D eigenvalue weighted by molar-refractivity contribution is 7.80. The lowest BCUT2D eigenvalue weighted by atomic mass is 9.84. The number of rotatable bonds is 16. The first-order valence-electron chi connectivity index (χ1n) is 25.8. The van der Waals surface area contributed by atoms with Crippen LogP contribution in [0.15, 0.2) is 30.3 Å². The fourth-order valence-corrected chi connectivity index (χ4v) is 10.8. The van der Waals surface area contributed by atoms with Crippen LogP contribution in [-0.2, 0) is 37.9 Å². The molecule has 75 heavy (non-hydrogen) atoms. The summed E-state index contributed by atoms with van der Waals surface area (Å²) in [5, 5.41) is 129. The number of anilines is 1. The number of aliphatic hydroxyl groups is 10. The van der Waals surface area contributed by atoms with Gasteiger partial charge in [-0.05, 0) is 74.5 Å². The van der Waals surface area contributed by atoms with Gasteiger partial charge in [-0.15, -0.1) is 0 Å². The number of benzene rings is 1. The van der Waals surface area contributed by atoms with Crippen LogP contribution in [0.4, 0.5) is 5.69 Å². The Balaban J connectivity index is 0.919. The maximum absolute atomic E-state index is 11.4. The molecule has 0 amide bonds. The molecular formula is C47H77N7O18S3. The van der Waals surface area contributed by atoms with Crippen LogP contribution < -0.4 is 31.9 Å². The molecule has 25 nitrogen and oxygen atoms in total. The summed E-state index contributed by atoms with van der Waals surface area (Å²) in [6, 6.07) is 9.53. The predicted molar refractivity (Wildman–Crippen MR) is 278 cm³/mol. The number of aliphatic hydroxyl groups excluding tert-OH is 10. The van der Waals surface area contributed by atoms with E-state index in [4.69, 9.17) is 74.5 Å². The average Bonchev–Trinajstić information content (AvgIpc) is 3.40. The molecule has 12 aliphatic heterocycles. The summed E-state index contributed by atoms with van der Waals surface area (Å²) < 4.78 is 47.2. The van der Waals surface area contributed by atoms with E-state index in [1.807, 2.05) is 30.3 Å². The van der Waals surface area contributed by atoms with Crippen molar-refractivity contribution >= 4 is 57.7 Å². The Bertz CT molecular complexity index is 1820. The van der Waals surface area contributed by atoms with Crippen molar-refractivity contribution in [3.05, 3.63) is 30.3 Å². The molecule has 0 radical (unpaired) electrons. The van der Waals surface area contributed by atoms with E-state index >= 15 is 0 Å². The van der Waals surface area contributed by atoms with Gasteiger partial charge in [0.05, 0.1) is 37.6 Å². The highest BCUT2D eigenvalue weighted by Crippen LogP contribution is 2.36. The molecule has 13 rings (SSSR count). The molecule has 426 valence electrons. The minimum absolute atomic E-state index is 0.116. The largest absolute Gasteiger partial charge is 0.394 e. The Kier molecular flexibility index (Phi) is 23.8. The third-order valence-electron chi connectivity index (χ3n) is 14.5. The fraction of sp³-hybridized carbons (Fsp3) is 0.809. The van der Waals surface area contributed by atoms with Crippen molar-refractivity contribution < 1.29 is 89.0 Å². The first-order chi connectivity index (χ1) is 36.2. The van der Waals surface area contributed by atoms with Crippen molar-refractivity contribution in [3.8, 4) is 0 Å².